The quantitative estimate of drug-likeness (QED) is 0.742. The number of nitrogens with zero attached hydrogens (tertiary/aromatic N) is 3. The van der Waals surface area contributed by atoms with Crippen LogP contribution in [0, 0.1) is 0 Å². The van der Waals surface area contributed by atoms with E-state index < -0.39 is 5.60 Å². The van der Waals surface area contributed by atoms with Gasteiger partial charge in [-0.25, -0.2) is 9.67 Å². The van der Waals surface area contributed by atoms with Crippen LogP contribution in [0.5, 0.6) is 0 Å². The molecule has 1 aliphatic rings. The van der Waals surface area contributed by atoms with Gasteiger partial charge in [0, 0.05) is 6.54 Å². The van der Waals surface area contributed by atoms with Crippen molar-refractivity contribution in [3.8, 4) is 0 Å². The van der Waals surface area contributed by atoms with Crippen LogP contribution in [0.25, 0.3) is 0 Å². The summed E-state index contributed by atoms with van der Waals surface area (Å²) in [7, 11) is 0. The zero-order chi connectivity index (χ0) is 9.31. The van der Waals surface area contributed by atoms with E-state index in [9.17, 15) is 5.11 Å². The fraction of sp³-hybridized carbons (Fsp3) is 0.778. The van der Waals surface area contributed by atoms with Crippen molar-refractivity contribution in [2.24, 2.45) is 0 Å². The van der Waals surface area contributed by atoms with Crippen LogP contribution in [-0.2, 0) is 12.1 Å². The molecule has 0 amide bonds. The largest absolute Gasteiger partial charge is 0.382 e. The summed E-state index contributed by atoms with van der Waals surface area (Å²) in [6.07, 6.45) is 5.35. The Kier molecular flexibility index (Phi) is 2.07. The Bertz CT molecular complexity index is 289. The van der Waals surface area contributed by atoms with E-state index in [0.29, 0.717) is 0 Å². The first-order chi connectivity index (χ1) is 6.26. The van der Waals surface area contributed by atoms with Crippen LogP contribution in [0.2, 0.25) is 0 Å². The topological polar surface area (TPSA) is 50.9 Å². The van der Waals surface area contributed by atoms with Crippen molar-refractivity contribution in [3.63, 3.8) is 0 Å². The Morgan fingerprint density at radius 1 is 1.54 bits per heavy atom. The van der Waals surface area contributed by atoms with Crippen LogP contribution in [0.3, 0.4) is 0 Å². The van der Waals surface area contributed by atoms with E-state index in [4.69, 9.17) is 0 Å². The smallest absolute Gasteiger partial charge is 0.158 e. The van der Waals surface area contributed by atoms with Crippen LogP contribution in [-0.4, -0.2) is 19.9 Å². The molecule has 0 aromatic carbocycles. The predicted molar refractivity (Wildman–Crippen MR) is 48.1 cm³/mol. The summed E-state index contributed by atoms with van der Waals surface area (Å²) in [4.78, 5) is 4.14. The second kappa shape index (κ2) is 3.10. The third kappa shape index (κ3) is 1.35. The average molecular weight is 181 g/mol. The van der Waals surface area contributed by atoms with Gasteiger partial charge in [-0.05, 0) is 32.6 Å². The van der Waals surface area contributed by atoms with E-state index in [0.717, 1.165) is 38.1 Å². The molecule has 0 atom stereocenters. The minimum Gasteiger partial charge on any atom is -0.382 e. The zero-order valence-electron chi connectivity index (χ0n) is 7.90. The van der Waals surface area contributed by atoms with Gasteiger partial charge in [0.1, 0.15) is 11.9 Å². The minimum absolute atomic E-state index is 0.702. The molecule has 1 aliphatic carbocycles. The minimum atomic E-state index is -0.702. The number of hydrogen-bond acceptors (Lipinski definition) is 3. The number of aromatic nitrogens is 3. The zero-order valence-corrected chi connectivity index (χ0v) is 7.90. The molecule has 13 heavy (non-hydrogen) atoms. The third-order valence-electron chi connectivity index (χ3n) is 2.76. The van der Waals surface area contributed by atoms with Gasteiger partial charge < -0.3 is 5.11 Å². The van der Waals surface area contributed by atoms with E-state index in [1.165, 1.54) is 6.33 Å². The van der Waals surface area contributed by atoms with Crippen molar-refractivity contribution in [1.82, 2.24) is 14.8 Å². The Morgan fingerprint density at radius 2 is 2.23 bits per heavy atom. The molecule has 72 valence electrons. The van der Waals surface area contributed by atoms with E-state index in [1.807, 2.05) is 6.92 Å². The summed E-state index contributed by atoms with van der Waals surface area (Å²) < 4.78 is 1.78. The highest BCUT2D eigenvalue weighted by Crippen LogP contribution is 2.37. The van der Waals surface area contributed by atoms with Gasteiger partial charge in [-0.15, -0.1) is 0 Å². The lowest BCUT2D eigenvalue weighted by Crippen LogP contribution is -2.26. The fourth-order valence-corrected chi connectivity index (χ4v) is 2.04. The Morgan fingerprint density at radius 3 is 2.85 bits per heavy atom. The molecule has 1 heterocycles. The first-order valence-electron chi connectivity index (χ1n) is 4.87. The highest BCUT2D eigenvalue weighted by molar-refractivity contribution is 5.03. The molecular weight excluding hydrogens is 166 g/mol. The summed E-state index contributed by atoms with van der Waals surface area (Å²) >= 11 is 0. The molecule has 0 saturated heterocycles. The van der Waals surface area contributed by atoms with Gasteiger partial charge >= 0.3 is 0 Å². The highest BCUT2D eigenvalue weighted by Gasteiger charge is 2.37. The summed E-state index contributed by atoms with van der Waals surface area (Å²) in [5, 5.41) is 14.3. The number of hydrogen-bond donors (Lipinski definition) is 1. The molecule has 1 saturated carbocycles. The van der Waals surface area contributed by atoms with Crippen molar-refractivity contribution in [1.29, 1.82) is 0 Å². The van der Waals surface area contributed by atoms with Crippen LogP contribution < -0.4 is 0 Å². The lowest BCUT2D eigenvalue weighted by Gasteiger charge is -2.20. The molecule has 0 unspecified atom stereocenters. The maximum atomic E-state index is 10.2. The predicted octanol–water partition coefficient (Wildman–Crippen LogP) is 1.06. The van der Waals surface area contributed by atoms with Crippen LogP contribution in [0.15, 0.2) is 6.33 Å². The van der Waals surface area contributed by atoms with Gasteiger partial charge in [-0.1, -0.05) is 0 Å². The maximum Gasteiger partial charge on any atom is 0.158 e. The molecule has 4 heteroatoms. The first-order valence-corrected chi connectivity index (χ1v) is 4.87. The number of aliphatic hydroxyl groups is 1. The summed E-state index contributed by atoms with van der Waals surface area (Å²) in [6, 6.07) is 0. The average Bonchev–Trinajstić information content (AvgIpc) is 2.72. The van der Waals surface area contributed by atoms with E-state index in [2.05, 4.69) is 10.1 Å². The Balaban J connectivity index is 2.32. The van der Waals surface area contributed by atoms with Crippen molar-refractivity contribution >= 4 is 0 Å². The molecule has 4 nitrogen and oxygen atoms in total. The first kappa shape index (κ1) is 8.69. The van der Waals surface area contributed by atoms with Crippen molar-refractivity contribution in [2.75, 3.05) is 0 Å². The van der Waals surface area contributed by atoms with Gasteiger partial charge in [-0.2, -0.15) is 5.10 Å². The van der Waals surface area contributed by atoms with E-state index in [1.54, 1.807) is 4.68 Å². The van der Waals surface area contributed by atoms with Gasteiger partial charge in [0.2, 0.25) is 0 Å². The van der Waals surface area contributed by atoms with Crippen LogP contribution in [0.1, 0.15) is 38.4 Å². The molecule has 0 aliphatic heterocycles. The monoisotopic (exact) mass is 181 g/mol. The Hall–Kier alpha value is -0.900. The maximum absolute atomic E-state index is 10.2. The summed E-state index contributed by atoms with van der Waals surface area (Å²) in [5.41, 5.74) is -0.702. The molecule has 1 aromatic heterocycles. The van der Waals surface area contributed by atoms with Crippen molar-refractivity contribution < 1.29 is 5.11 Å². The van der Waals surface area contributed by atoms with E-state index in [-0.39, 0.29) is 0 Å². The molecule has 0 radical (unpaired) electrons. The standard InChI is InChI=1S/C9H15N3O/c1-2-12-8(10-7-11-12)9(13)5-3-4-6-9/h7,13H,2-6H2,1H3. The Labute approximate surface area is 77.6 Å². The molecule has 1 N–H and O–H groups in total. The second-order valence-electron chi connectivity index (χ2n) is 3.64. The van der Waals surface area contributed by atoms with E-state index >= 15 is 0 Å². The number of rotatable bonds is 2. The van der Waals surface area contributed by atoms with Gasteiger partial charge in [-0.3, -0.25) is 0 Å². The molecule has 1 fully saturated rings. The third-order valence-corrected chi connectivity index (χ3v) is 2.76. The SMILES string of the molecule is CCn1ncnc1C1(O)CCCC1. The summed E-state index contributed by atoms with van der Waals surface area (Å²) in [5.74, 6) is 0.743. The molecule has 1 aromatic rings. The lowest BCUT2D eigenvalue weighted by atomic mass is 10.0. The lowest BCUT2D eigenvalue weighted by molar-refractivity contribution is 0.0305. The molecule has 0 bridgehead atoms. The molecule has 2 rings (SSSR count). The van der Waals surface area contributed by atoms with Gasteiger partial charge in [0.15, 0.2) is 5.82 Å². The normalized spacial score (nSPS) is 20.8. The van der Waals surface area contributed by atoms with Crippen molar-refractivity contribution in [3.05, 3.63) is 12.2 Å². The summed E-state index contributed by atoms with van der Waals surface area (Å²) in [6.45, 7) is 2.79. The fourth-order valence-electron chi connectivity index (χ4n) is 2.04. The van der Waals surface area contributed by atoms with Crippen LogP contribution in [0.4, 0.5) is 0 Å². The molecule has 0 spiro atoms. The number of aryl methyl sites for hydroxylation is 1. The van der Waals surface area contributed by atoms with Crippen molar-refractivity contribution in [2.45, 2.75) is 44.8 Å². The van der Waals surface area contributed by atoms with Gasteiger partial charge in [0.25, 0.3) is 0 Å². The molecular formula is C9H15N3O. The van der Waals surface area contributed by atoms with Crippen LogP contribution >= 0.6 is 0 Å². The van der Waals surface area contributed by atoms with Gasteiger partial charge in [0.05, 0.1) is 0 Å². The second-order valence-corrected chi connectivity index (χ2v) is 3.64. The highest BCUT2D eigenvalue weighted by atomic mass is 16.3.